The van der Waals surface area contributed by atoms with Crippen molar-refractivity contribution < 1.29 is 4.39 Å². The highest BCUT2D eigenvalue weighted by atomic mass is 127. The van der Waals surface area contributed by atoms with Crippen molar-refractivity contribution in [2.75, 3.05) is 6.54 Å². The molecule has 1 atom stereocenters. The number of hydrogen-bond donors (Lipinski definition) is 1. The number of halogens is 4. The highest BCUT2D eigenvalue weighted by Gasteiger charge is 2.17. The standard InChI is InChI=1S/C16H15BrClFIN/c1-2-21-16(13-9-12(18)4-6-15(13)20)8-10-7-11(17)3-5-14(10)19/h3-7,9,16,21H,2,8H2,1H3. The van der Waals surface area contributed by atoms with Gasteiger partial charge in [0.2, 0.25) is 0 Å². The summed E-state index contributed by atoms with van der Waals surface area (Å²) in [5, 5.41) is 4.11. The molecule has 0 aliphatic carbocycles. The lowest BCUT2D eigenvalue weighted by Gasteiger charge is -2.20. The van der Waals surface area contributed by atoms with Crippen LogP contribution in [0.4, 0.5) is 4.39 Å². The lowest BCUT2D eigenvalue weighted by molar-refractivity contribution is 0.526. The van der Waals surface area contributed by atoms with Crippen LogP contribution in [0.25, 0.3) is 0 Å². The molecule has 0 saturated carbocycles. The van der Waals surface area contributed by atoms with E-state index >= 15 is 0 Å². The second-order valence-corrected chi connectivity index (χ2v) is 7.23. The predicted octanol–water partition coefficient (Wildman–Crippen LogP) is 5.74. The van der Waals surface area contributed by atoms with Gasteiger partial charge in [-0.2, -0.15) is 0 Å². The molecule has 0 spiro atoms. The molecule has 1 N–H and O–H groups in total. The number of nitrogens with one attached hydrogen (secondary N) is 1. The van der Waals surface area contributed by atoms with Crippen LogP contribution in [0.5, 0.6) is 0 Å². The molecular formula is C16H15BrClFIN. The van der Waals surface area contributed by atoms with E-state index in [2.05, 4.69) is 43.8 Å². The topological polar surface area (TPSA) is 12.0 Å². The lowest BCUT2D eigenvalue weighted by atomic mass is 9.98. The monoisotopic (exact) mass is 481 g/mol. The SMILES string of the molecule is CCNC(Cc1cc(Br)ccc1F)c1cc(Cl)ccc1I. The Morgan fingerprint density at radius 3 is 2.76 bits per heavy atom. The van der Waals surface area contributed by atoms with Crippen molar-refractivity contribution in [1.82, 2.24) is 5.32 Å². The van der Waals surface area contributed by atoms with Crippen LogP contribution in [-0.2, 0) is 6.42 Å². The number of likely N-dealkylation sites (N-methyl/N-ethyl adjacent to an activating group) is 1. The fourth-order valence-corrected chi connectivity index (χ4v) is 3.54. The molecule has 5 heteroatoms. The smallest absolute Gasteiger partial charge is 0.126 e. The zero-order chi connectivity index (χ0) is 15.4. The summed E-state index contributed by atoms with van der Waals surface area (Å²) >= 11 is 11.8. The minimum atomic E-state index is -0.182. The molecule has 0 saturated heterocycles. The van der Waals surface area contributed by atoms with Crippen LogP contribution >= 0.6 is 50.1 Å². The van der Waals surface area contributed by atoms with Gasteiger partial charge in [0, 0.05) is 19.1 Å². The highest BCUT2D eigenvalue weighted by molar-refractivity contribution is 14.1. The Morgan fingerprint density at radius 1 is 1.29 bits per heavy atom. The van der Waals surface area contributed by atoms with E-state index in [9.17, 15) is 4.39 Å². The van der Waals surface area contributed by atoms with E-state index in [1.807, 2.05) is 31.2 Å². The van der Waals surface area contributed by atoms with Crippen molar-refractivity contribution in [1.29, 1.82) is 0 Å². The fourth-order valence-electron chi connectivity index (χ4n) is 2.24. The maximum absolute atomic E-state index is 14.0. The summed E-state index contributed by atoms with van der Waals surface area (Å²) in [5.41, 5.74) is 1.79. The van der Waals surface area contributed by atoms with Crippen LogP contribution in [0.1, 0.15) is 24.1 Å². The molecule has 2 aromatic carbocycles. The van der Waals surface area contributed by atoms with Crippen LogP contribution in [0.15, 0.2) is 40.9 Å². The zero-order valence-corrected chi connectivity index (χ0v) is 16.0. The van der Waals surface area contributed by atoms with Crippen LogP contribution in [-0.4, -0.2) is 6.54 Å². The largest absolute Gasteiger partial charge is 0.310 e. The van der Waals surface area contributed by atoms with Gasteiger partial charge < -0.3 is 5.32 Å². The Labute approximate surface area is 151 Å². The van der Waals surface area contributed by atoms with Gasteiger partial charge in [-0.15, -0.1) is 0 Å². The van der Waals surface area contributed by atoms with Crippen molar-refractivity contribution in [3.63, 3.8) is 0 Å². The quantitative estimate of drug-likeness (QED) is 0.536. The molecule has 0 amide bonds. The van der Waals surface area contributed by atoms with Gasteiger partial charge in [-0.1, -0.05) is 34.5 Å². The van der Waals surface area contributed by atoms with Gasteiger partial charge in [0.15, 0.2) is 0 Å². The van der Waals surface area contributed by atoms with Gasteiger partial charge in [-0.25, -0.2) is 4.39 Å². The van der Waals surface area contributed by atoms with Crippen LogP contribution < -0.4 is 5.32 Å². The minimum absolute atomic E-state index is 0.0319. The molecule has 112 valence electrons. The second-order valence-electron chi connectivity index (χ2n) is 4.72. The number of hydrogen-bond acceptors (Lipinski definition) is 1. The third-order valence-corrected chi connectivity index (χ3v) is 4.93. The fraction of sp³-hybridized carbons (Fsp3) is 0.250. The van der Waals surface area contributed by atoms with Crippen LogP contribution in [0, 0.1) is 9.39 Å². The summed E-state index contributed by atoms with van der Waals surface area (Å²) in [6.45, 7) is 2.85. The Bertz CT molecular complexity index is 636. The summed E-state index contributed by atoms with van der Waals surface area (Å²) in [7, 11) is 0. The van der Waals surface area contributed by atoms with Gasteiger partial charge >= 0.3 is 0 Å². The summed E-state index contributed by atoms with van der Waals surface area (Å²) < 4.78 is 16.0. The summed E-state index contributed by atoms with van der Waals surface area (Å²) in [6.07, 6.45) is 0.579. The third kappa shape index (κ3) is 4.65. The van der Waals surface area contributed by atoms with Gasteiger partial charge in [-0.05, 0) is 83.1 Å². The van der Waals surface area contributed by atoms with E-state index in [1.54, 1.807) is 6.07 Å². The molecule has 21 heavy (non-hydrogen) atoms. The summed E-state index contributed by atoms with van der Waals surface area (Å²) in [6, 6.07) is 10.9. The first kappa shape index (κ1) is 17.2. The van der Waals surface area contributed by atoms with Crippen LogP contribution in [0.3, 0.4) is 0 Å². The first-order valence-corrected chi connectivity index (χ1v) is 8.88. The first-order valence-electron chi connectivity index (χ1n) is 6.63. The van der Waals surface area contributed by atoms with Crippen molar-refractivity contribution in [3.05, 3.63) is 66.4 Å². The molecular weight excluding hydrogens is 467 g/mol. The molecule has 2 aromatic rings. The maximum Gasteiger partial charge on any atom is 0.126 e. The van der Waals surface area contributed by atoms with Crippen LogP contribution in [0.2, 0.25) is 5.02 Å². The molecule has 0 aliphatic heterocycles. The zero-order valence-electron chi connectivity index (χ0n) is 11.5. The maximum atomic E-state index is 14.0. The molecule has 0 heterocycles. The number of rotatable bonds is 5. The van der Waals surface area contributed by atoms with Gasteiger partial charge in [-0.3, -0.25) is 0 Å². The molecule has 1 nitrogen and oxygen atoms in total. The van der Waals surface area contributed by atoms with Crippen molar-refractivity contribution in [2.24, 2.45) is 0 Å². The molecule has 0 aliphatic rings. The molecule has 2 rings (SSSR count). The average molecular weight is 483 g/mol. The summed E-state index contributed by atoms with van der Waals surface area (Å²) in [5.74, 6) is -0.182. The van der Waals surface area contributed by atoms with E-state index < -0.39 is 0 Å². The Hall–Kier alpha value is -0.170. The molecule has 0 fully saturated rings. The second kappa shape index (κ2) is 7.90. The van der Waals surface area contributed by atoms with E-state index in [1.165, 1.54) is 6.07 Å². The van der Waals surface area contributed by atoms with E-state index in [0.29, 0.717) is 17.0 Å². The predicted molar refractivity (Wildman–Crippen MR) is 98.4 cm³/mol. The average Bonchev–Trinajstić information content (AvgIpc) is 2.45. The van der Waals surface area contributed by atoms with E-state index in [-0.39, 0.29) is 11.9 Å². The first-order chi connectivity index (χ1) is 10.0. The van der Waals surface area contributed by atoms with Gasteiger partial charge in [0.1, 0.15) is 5.82 Å². The Balaban J connectivity index is 2.35. The minimum Gasteiger partial charge on any atom is -0.310 e. The molecule has 0 bridgehead atoms. The van der Waals surface area contributed by atoms with Gasteiger partial charge in [0.05, 0.1) is 0 Å². The van der Waals surface area contributed by atoms with E-state index in [4.69, 9.17) is 11.6 Å². The van der Waals surface area contributed by atoms with Crippen molar-refractivity contribution >= 4 is 50.1 Å². The highest BCUT2D eigenvalue weighted by Crippen LogP contribution is 2.28. The molecule has 1 unspecified atom stereocenters. The van der Waals surface area contributed by atoms with E-state index in [0.717, 1.165) is 20.2 Å². The van der Waals surface area contributed by atoms with Gasteiger partial charge in [0.25, 0.3) is 0 Å². The Morgan fingerprint density at radius 2 is 2.05 bits per heavy atom. The molecule has 0 aromatic heterocycles. The summed E-state index contributed by atoms with van der Waals surface area (Å²) in [4.78, 5) is 0. The number of benzene rings is 2. The normalized spacial score (nSPS) is 12.4. The van der Waals surface area contributed by atoms with Crippen molar-refractivity contribution in [2.45, 2.75) is 19.4 Å². The lowest BCUT2D eigenvalue weighted by Crippen LogP contribution is -2.24. The van der Waals surface area contributed by atoms with Crippen molar-refractivity contribution in [3.8, 4) is 0 Å². The Kier molecular flexibility index (Phi) is 6.47. The third-order valence-electron chi connectivity index (χ3n) is 3.22. The molecule has 0 radical (unpaired) electrons.